The van der Waals surface area contributed by atoms with E-state index in [1.54, 1.807) is 4.90 Å². The van der Waals surface area contributed by atoms with E-state index in [9.17, 15) is 18.0 Å². The maximum atomic E-state index is 11.7. The molecule has 1 saturated heterocycles. The second kappa shape index (κ2) is 5.49. The predicted molar refractivity (Wildman–Crippen MR) is 48.8 cm³/mol. The third-order valence-corrected chi connectivity index (χ3v) is 2.51. The Bertz CT molecular complexity index is 245. The molecule has 0 saturated carbocycles. The molecule has 1 unspecified atom stereocenters. The van der Waals surface area contributed by atoms with E-state index in [0.29, 0.717) is 13.1 Å². The molecule has 1 atom stereocenters. The van der Waals surface area contributed by atoms with Crippen molar-refractivity contribution in [3.63, 3.8) is 0 Å². The van der Waals surface area contributed by atoms with Crippen molar-refractivity contribution in [3.8, 4) is 0 Å². The van der Waals surface area contributed by atoms with Crippen LogP contribution >= 0.6 is 0 Å². The van der Waals surface area contributed by atoms with Gasteiger partial charge in [-0.2, -0.15) is 0 Å². The van der Waals surface area contributed by atoms with Gasteiger partial charge in [0, 0.05) is 19.5 Å². The Morgan fingerprint density at radius 2 is 2.19 bits per heavy atom. The van der Waals surface area contributed by atoms with Crippen molar-refractivity contribution in [1.29, 1.82) is 0 Å². The first-order valence-electron chi connectivity index (χ1n) is 5.01. The van der Waals surface area contributed by atoms with Crippen LogP contribution in [0.4, 0.5) is 13.2 Å². The Balaban J connectivity index is 2.14. The highest BCUT2D eigenvalue weighted by molar-refractivity contribution is 5.67. The smallest absolute Gasteiger partial charge is 0.481 e. The first kappa shape index (κ1) is 13.2. The monoisotopic (exact) mass is 241 g/mol. The minimum absolute atomic E-state index is 0.0448. The Labute approximate surface area is 91.0 Å². The van der Waals surface area contributed by atoms with Crippen molar-refractivity contribution in [2.45, 2.75) is 19.2 Å². The van der Waals surface area contributed by atoms with Crippen molar-refractivity contribution in [2.24, 2.45) is 5.92 Å². The molecule has 0 radical (unpaired) electrons. The molecule has 94 valence electrons. The lowest BCUT2D eigenvalue weighted by molar-refractivity contribution is -0.324. The highest BCUT2D eigenvalue weighted by Crippen LogP contribution is 2.20. The number of carbonyl (C=O) groups is 1. The van der Waals surface area contributed by atoms with E-state index in [4.69, 9.17) is 5.11 Å². The van der Waals surface area contributed by atoms with Gasteiger partial charge in [-0.05, 0) is 18.9 Å². The fourth-order valence-electron chi connectivity index (χ4n) is 1.82. The van der Waals surface area contributed by atoms with Crippen molar-refractivity contribution in [3.05, 3.63) is 0 Å². The molecule has 1 N–H and O–H groups in total. The SMILES string of the molecule is O=C(O)CC1CCN(CCOC(F)(F)F)C1. The summed E-state index contributed by atoms with van der Waals surface area (Å²) in [5.74, 6) is -0.818. The highest BCUT2D eigenvalue weighted by atomic mass is 19.4. The number of halogens is 3. The number of aliphatic carboxylic acids is 1. The molecular formula is C9H14F3NO3. The van der Waals surface area contributed by atoms with Crippen molar-refractivity contribution in [2.75, 3.05) is 26.2 Å². The van der Waals surface area contributed by atoms with Crippen LogP contribution in [0.15, 0.2) is 0 Å². The summed E-state index contributed by atoms with van der Waals surface area (Å²) < 4.78 is 38.6. The number of likely N-dealkylation sites (tertiary alicyclic amines) is 1. The molecule has 0 bridgehead atoms. The quantitative estimate of drug-likeness (QED) is 0.788. The van der Waals surface area contributed by atoms with Crippen molar-refractivity contribution in [1.82, 2.24) is 4.90 Å². The molecule has 1 aliphatic rings. The number of nitrogens with zero attached hydrogens (tertiary/aromatic N) is 1. The number of ether oxygens (including phenoxy) is 1. The molecule has 0 amide bonds. The summed E-state index contributed by atoms with van der Waals surface area (Å²) in [6, 6.07) is 0. The predicted octanol–water partition coefficient (Wildman–Crippen LogP) is 1.32. The summed E-state index contributed by atoms with van der Waals surface area (Å²) in [5, 5.41) is 8.55. The zero-order valence-corrected chi connectivity index (χ0v) is 8.66. The average Bonchev–Trinajstić information content (AvgIpc) is 2.49. The van der Waals surface area contributed by atoms with Crippen LogP contribution in [0.2, 0.25) is 0 Å². The van der Waals surface area contributed by atoms with E-state index < -0.39 is 18.9 Å². The zero-order chi connectivity index (χ0) is 12.2. The van der Waals surface area contributed by atoms with Gasteiger partial charge in [0.15, 0.2) is 0 Å². The lowest BCUT2D eigenvalue weighted by atomic mass is 10.1. The number of hydrogen-bond donors (Lipinski definition) is 1. The first-order valence-corrected chi connectivity index (χ1v) is 5.01. The Morgan fingerprint density at radius 3 is 2.75 bits per heavy atom. The van der Waals surface area contributed by atoms with Gasteiger partial charge in [0.2, 0.25) is 0 Å². The van der Waals surface area contributed by atoms with E-state index >= 15 is 0 Å². The third kappa shape index (κ3) is 5.32. The van der Waals surface area contributed by atoms with Crippen LogP contribution in [-0.2, 0) is 9.53 Å². The molecule has 0 aromatic rings. The van der Waals surface area contributed by atoms with E-state index in [1.807, 2.05) is 0 Å². The van der Waals surface area contributed by atoms with Crippen LogP contribution in [0.3, 0.4) is 0 Å². The second-order valence-corrected chi connectivity index (χ2v) is 3.85. The lowest BCUT2D eigenvalue weighted by Crippen LogP contribution is -2.28. The van der Waals surface area contributed by atoms with Gasteiger partial charge in [0.25, 0.3) is 0 Å². The minimum atomic E-state index is -4.58. The van der Waals surface area contributed by atoms with Gasteiger partial charge >= 0.3 is 12.3 Å². The number of alkyl halides is 3. The van der Waals surface area contributed by atoms with Gasteiger partial charge < -0.3 is 10.0 Å². The van der Waals surface area contributed by atoms with E-state index in [1.165, 1.54) is 0 Å². The second-order valence-electron chi connectivity index (χ2n) is 3.85. The van der Waals surface area contributed by atoms with Crippen LogP contribution in [0.5, 0.6) is 0 Å². The van der Waals surface area contributed by atoms with E-state index in [2.05, 4.69) is 4.74 Å². The van der Waals surface area contributed by atoms with Gasteiger partial charge in [0.05, 0.1) is 6.61 Å². The fraction of sp³-hybridized carbons (Fsp3) is 0.889. The molecule has 1 fully saturated rings. The summed E-state index contributed by atoms with van der Waals surface area (Å²) >= 11 is 0. The molecule has 1 aliphatic heterocycles. The molecule has 0 aromatic heterocycles. The topological polar surface area (TPSA) is 49.8 Å². The fourth-order valence-corrected chi connectivity index (χ4v) is 1.82. The highest BCUT2D eigenvalue weighted by Gasteiger charge is 2.30. The molecular weight excluding hydrogens is 227 g/mol. The van der Waals surface area contributed by atoms with Crippen molar-refractivity contribution >= 4 is 5.97 Å². The van der Waals surface area contributed by atoms with Crippen LogP contribution in [0, 0.1) is 5.92 Å². The number of hydrogen-bond acceptors (Lipinski definition) is 3. The van der Waals surface area contributed by atoms with E-state index in [0.717, 1.165) is 6.42 Å². The van der Waals surface area contributed by atoms with Crippen LogP contribution in [-0.4, -0.2) is 48.6 Å². The Kier molecular flexibility index (Phi) is 4.55. The number of carboxylic acids is 1. The normalized spacial score (nSPS) is 22.6. The molecule has 16 heavy (non-hydrogen) atoms. The van der Waals surface area contributed by atoms with E-state index in [-0.39, 0.29) is 18.9 Å². The van der Waals surface area contributed by atoms with Crippen molar-refractivity contribution < 1.29 is 27.8 Å². The zero-order valence-electron chi connectivity index (χ0n) is 8.66. The molecule has 0 aromatic carbocycles. The molecule has 7 heteroatoms. The maximum absolute atomic E-state index is 11.7. The number of rotatable bonds is 5. The molecule has 0 aliphatic carbocycles. The lowest BCUT2D eigenvalue weighted by Gasteiger charge is -2.16. The maximum Gasteiger partial charge on any atom is 0.522 e. The standard InChI is InChI=1S/C9H14F3NO3/c10-9(11,12)16-4-3-13-2-1-7(6-13)5-8(14)15/h7H,1-6H2,(H,14,15). The molecule has 1 heterocycles. The van der Waals surface area contributed by atoms with Crippen LogP contribution < -0.4 is 0 Å². The average molecular weight is 241 g/mol. The summed E-state index contributed by atoms with van der Waals surface area (Å²) in [6.45, 7) is 0.964. The van der Waals surface area contributed by atoms with Gasteiger partial charge in [-0.25, -0.2) is 0 Å². The van der Waals surface area contributed by atoms with Gasteiger partial charge in [0.1, 0.15) is 0 Å². The van der Waals surface area contributed by atoms with Gasteiger partial charge in [-0.3, -0.25) is 9.53 Å². The van der Waals surface area contributed by atoms with Crippen LogP contribution in [0.1, 0.15) is 12.8 Å². The number of carboxylic acid groups (broad SMARTS) is 1. The van der Waals surface area contributed by atoms with Crippen LogP contribution in [0.25, 0.3) is 0 Å². The first-order chi connectivity index (χ1) is 7.37. The Morgan fingerprint density at radius 1 is 1.50 bits per heavy atom. The van der Waals surface area contributed by atoms with Gasteiger partial charge in [-0.15, -0.1) is 13.2 Å². The molecule has 0 spiro atoms. The third-order valence-electron chi connectivity index (χ3n) is 2.51. The molecule has 4 nitrogen and oxygen atoms in total. The minimum Gasteiger partial charge on any atom is -0.481 e. The summed E-state index contributed by atoms with van der Waals surface area (Å²) in [7, 11) is 0. The summed E-state index contributed by atoms with van der Waals surface area (Å²) in [4.78, 5) is 12.2. The summed E-state index contributed by atoms with van der Waals surface area (Å²) in [6.07, 6.45) is -3.78. The largest absolute Gasteiger partial charge is 0.522 e. The van der Waals surface area contributed by atoms with Gasteiger partial charge in [-0.1, -0.05) is 0 Å². The molecule has 1 rings (SSSR count). The Hall–Kier alpha value is -0.820. The summed E-state index contributed by atoms with van der Waals surface area (Å²) in [5.41, 5.74) is 0.